The average molecular weight is 323 g/mol. The minimum absolute atomic E-state index is 0.520. The summed E-state index contributed by atoms with van der Waals surface area (Å²) >= 11 is 1.84. The van der Waals surface area contributed by atoms with E-state index in [-0.39, 0.29) is 0 Å². The predicted molar refractivity (Wildman–Crippen MR) is 91.9 cm³/mol. The fourth-order valence-electron chi connectivity index (χ4n) is 2.72. The van der Waals surface area contributed by atoms with E-state index in [2.05, 4.69) is 26.3 Å². The van der Waals surface area contributed by atoms with Crippen LogP contribution in [0.4, 0.5) is 5.95 Å². The van der Waals surface area contributed by atoms with Gasteiger partial charge in [-0.15, -0.1) is 11.3 Å². The summed E-state index contributed by atoms with van der Waals surface area (Å²) < 4.78 is 5.80. The van der Waals surface area contributed by atoms with Crippen LogP contribution < -0.4 is 9.64 Å². The third-order valence-electron chi connectivity index (χ3n) is 3.94. The maximum absolute atomic E-state index is 5.80. The number of aromatic nitrogens is 2. The van der Waals surface area contributed by atoms with Crippen LogP contribution in [0.1, 0.15) is 16.0 Å². The zero-order valence-electron chi connectivity index (χ0n) is 12.7. The van der Waals surface area contributed by atoms with Gasteiger partial charge in [0.25, 0.3) is 0 Å². The van der Waals surface area contributed by atoms with Gasteiger partial charge in [0.05, 0.1) is 0 Å². The molecule has 0 atom stereocenters. The van der Waals surface area contributed by atoms with Crippen molar-refractivity contribution in [2.24, 2.45) is 0 Å². The van der Waals surface area contributed by atoms with Crippen molar-refractivity contribution in [3.8, 4) is 5.88 Å². The van der Waals surface area contributed by atoms with Crippen molar-refractivity contribution in [3.63, 3.8) is 0 Å². The maximum Gasteiger partial charge on any atom is 0.228 e. The van der Waals surface area contributed by atoms with E-state index < -0.39 is 0 Å². The molecule has 4 rings (SSSR count). The largest absolute Gasteiger partial charge is 0.473 e. The van der Waals surface area contributed by atoms with Gasteiger partial charge in [0.2, 0.25) is 11.8 Å². The van der Waals surface area contributed by atoms with E-state index in [0.29, 0.717) is 12.5 Å². The molecule has 3 heterocycles. The molecule has 0 fully saturated rings. The van der Waals surface area contributed by atoms with Crippen LogP contribution >= 0.6 is 11.3 Å². The number of benzene rings is 1. The van der Waals surface area contributed by atoms with E-state index in [1.807, 2.05) is 47.7 Å². The molecule has 0 spiro atoms. The highest BCUT2D eigenvalue weighted by atomic mass is 32.1. The number of rotatable bonds is 4. The molecule has 23 heavy (non-hydrogen) atoms. The quantitative estimate of drug-likeness (QED) is 0.734. The number of anilines is 1. The van der Waals surface area contributed by atoms with Gasteiger partial charge in [-0.05, 0) is 29.0 Å². The Kier molecular flexibility index (Phi) is 3.94. The molecule has 0 saturated carbocycles. The Bertz CT molecular complexity index is 788. The Hall–Kier alpha value is -2.40. The zero-order valence-corrected chi connectivity index (χ0v) is 13.5. The van der Waals surface area contributed by atoms with Crippen LogP contribution in [-0.2, 0) is 19.6 Å². The van der Waals surface area contributed by atoms with Crippen molar-refractivity contribution in [2.45, 2.75) is 19.6 Å². The summed E-state index contributed by atoms with van der Waals surface area (Å²) in [6.45, 7) is 2.35. The van der Waals surface area contributed by atoms with Crippen LogP contribution in [0.2, 0.25) is 0 Å². The second kappa shape index (κ2) is 6.38. The molecule has 0 aliphatic carbocycles. The summed E-state index contributed by atoms with van der Waals surface area (Å²) in [6, 6.07) is 14.1. The SMILES string of the molecule is c1ccc(COc2ccnc(N3CCc4sccc4C3)n2)cc1. The van der Waals surface area contributed by atoms with Gasteiger partial charge in [0.15, 0.2) is 0 Å². The lowest BCUT2D eigenvalue weighted by atomic mass is 10.1. The van der Waals surface area contributed by atoms with Crippen molar-refractivity contribution < 1.29 is 4.74 Å². The number of thiophene rings is 1. The minimum atomic E-state index is 0.520. The fourth-order valence-corrected chi connectivity index (χ4v) is 3.61. The average Bonchev–Trinajstić information content (AvgIpc) is 3.09. The number of nitrogens with zero attached hydrogens (tertiary/aromatic N) is 3. The van der Waals surface area contributed by atoms with Crippen LogP contribution in [0.15, 0.2) is 54.0 Å². The first-order valence-corrected chi connectivity index (χ1v) is 8.56. The molecular formula is C18H17N3OS. The van der Waals surface area contributed by atoms with Crippen molar-refractivity contribution in [1.82, 2.24) is 9.97 Å². The second-order valence-corrected chi connectivity index (χ2v) is 6.51. The lowest BCUT2D eigenvalue weighted by Crippen LogP contribution is -2.30. The van der Waals surface area contributed by atoms with Crippen molar-refractivity contribution >= 4 is 17.3 Å². The van der Waals surface area contributed by atoms with Crippen LogP contribution in [0.25, 0.3) is 0 Å². The molecule has 116 valence electrons. The molecule has 1 aliphatic heterocycles. The van der Waals surface area contributed by atoms with E-state index in [1.165, 1.54) is 10.4 Å². The zero-order chi connectivity index (χ0) is 15.5. The summed E-state index contributed by atoms with van der Waals surface area (Å²) in [5.74, 6) is 1.36. The molecule has 5 heteroatoms. The molecule has 0 saturated heterocycles. The maximum atomic E-state index is 5.80. The Balaban J connectivity index is 1.46. The molecule has 0 bridgehead atoms. The molecule has 0 unspecified atom stereocenters. The van der Waals surface area contributed by atoms with Crippen LogP contribution in [0.5, 0.6) is 5.88 Å². The normalized spacial score (nSPS) is 13.7. The number of fused-ring (bicyclic) bond motifs is 1. The number of hydrogen-bond donors (Lipinski definition) is 0. The van der Waals surface area contributed by atoms with Crippen molar-refractivity contribution in [2.75, 3.05) is 11.4 Å². The lowest BCUT2D eigenvalue weighted by molar-refractivity contribution is 0.293. The Morgan fingerprint density at radius 1 is 1.13 bits per heavy atom. The molecule has 0 radical (unpaired) electrons. The van der Waals surface area contributed by atoms with Crippen molar-refractivity contribution in [3.05, 3.63) is 70.0 Å². The Morgan fingerprint density at radius 2 is 2.04 bits per heavy atom. The van der Waals surface area contributed by atoms with Crippen LogP contribution in [0.3, 0.4) is 0 Å². The van der Waals surface area contributed by atoms with Gasteiger partial charge >= 0.3 is 0 Å². The highest BCUT2D eigenvalue weighted by molar-refractivity contribution is 7.10. The van der Waals surface area contributed by atoms with Crippen LogP contribution in [-0.4, -0.2) is 16.5 Å². The topological polar surface area (TPSA) is 38.2 Å². The smallest absolute Gasteiger partial charge is 0.228 e. The fraction of sp³-hybridized carbons (Fsp3) is 0.222. The van der Waals surface area contributed by atoms with E-state index in [0.717, 1.165) is 31.0 Å². The summed E-state index contributed by atoms with van der Waals surface area (Å²) in [5.41, 5.74) is 2.52. The molecule has 3 aromatic rings. The number of ether oxygens (including phenoxy) is 1. The van der Waals surface area contributed by atoms with Gasteiger partial charge < -0.3 is 9.64 Å². The van der Waals surface area contributed by atoms with E-state index in [9.17, 15) is 0 Å². The van der Waals surface area contributed by atoms with Gasteiger partial charge in [-0.2, -0.15) is 4.98 Å². The van der Waals surface area contributed by atoms with E-state index in [4.69, 9.17) is 4.74 Å². The Labute approximate surface area is 139 Å². The molecule has 1 aromatic carbocycles. The van der Waals surface area contributed by atoms with Crippen LogP contribution in [0, 0.1) is 0 Å². The van der Waals surface area contributed by atoms with Gasteiger partial charge in [-0.3, -0.25) is 0 Å². The molecule has 1 aliphatic rings. The summed E-state index contributed by atoms with van der Waals surface area (Å²) in [6.07, 6.45) is 2.83. The first-order valence-electron chi connectivity index (χ1n) is 7.68. The summed E-state index contributed by atoms with van der Waals surface area (Å²) in [7, 11) is 0. The van der Waals surface area contributed by atoms with E-state index in [1.54, 1.807) is 6.20 Å². The highest BCUT2D eigenvalue weighted by Gasteiger charge is 2.19. The van der Waals surface area contributed by atoms with Gasteiger partial charge in [0, 0.05) is 30.2 Å². The first-order chi connectivity index (χ1) is 11.4. The number of hydrogen-bond acceptors (Lipinski definition) is 5. The summed E-state index contributed by atoms with van der Waals surface area (Å²) in [5, 5.41) is 2.16. The first kappa shape index (κ1) is 14.2. The third-order valence-corrected chi connectivity index (χ3v) is 4.96. The molecular weight excluding hydrogens is 306 g/mol. The predicted octanol–water partition coefficient (Wildman–Crippen LogP) is 3.68. The van der Waals surface area contributed by atoms with Gasteiger partial charge in [0.1, 0.15) is 6.61 Å². The van der Waals surface area contributed by atoms with Gasteiger partial charge in [-0.1, -0.05) is 30.3 Å². The molecule has 0 amide bonds. The third kappa shape index (κ3) is 3.19. The second-order valence-electron chi connectivity index (χ2n) is 5.51. The summed E-state index contributed by atoms with van der Waals surface area (Å²) in [4.78, 5) is 12.7. The monoisotopic (exact) mass is 323 g/mol. The minimum Gasteiger partial charge on any atom is -0.473 e. The Morgan fingerprint density at radius 3 is 2.96 bits per heavy atom. The molecule has 0 N–H and O–H groups in total. The molecule has 2 aromatic heterocycles. The highest BCUT2D eigenvalue weighted by Crippen LogP contribution is 2.26. The standard InChI is InChI=1S/C18H17N3OS/c1-2-4-14(5-3-1)13-22-17-6-9-19-18(20-17)21-10-7-16-15(12-21)8-11-23-16/h1-6,8-9,11H,7,10,12-13H2. The lowest BCUT2D eigenvalue weighted by Gasteiger charge is -2.26. The van der Waals surface area contributed by atoms with E-state index >= 15 is 0 Å². The molecule has 4 nitrogen and oxygen atoms in total. The van der Waals surface area contributed by atoms with Crippen molar-refractivity contribution in [1.29, 1.82) is 0 Å². The van der Waals surface area contributed by atoms with Gasteiger partial charge in [-0.25, -0.2) is 4.98 Å².